The van der Waals surface area contributed by atoms with Gasteiger partial charge in [0.05, 0.1) is 36.3 Å². The SMILES string of the molecule is COC(=O)c1ccc(N)c(NCc2ccccn2)c1. The summed E-state index contributed by atoms with van der Waals surface area (Å²) in [6, 6.07) is 10.7. The first-order chi connectivity index (χ1) is 9.20. The van der Waals surface area contributed by atoms with Crippen molar-refractivity contribution in [1.29, 1.82) is 0 Å². The lowest BCUT2D eigenvalue weighted by molar-refractivity contribution is 0.0601. The van der Waals surface area contributed by atoms with E-state index in [-0.39, 0.29) is 5.97 Å². The molecule has 2 rings (SSSR count). The second-order valence-corrected chi connectivity index (χ2v) is 3.97. The summed E-state index contributed by atoms with van der Waals surface area (Å²) in [6.07, 6.45) is 1.73. The van der Waals surface area contributed by atoms with Crippen LogP contribution in [0, 0.1) is 0 Å². The predicted molar refractivity (Wildman–Crippen MR) is 73.8 cm³/mol. The van der Waals surface area contributed by atoms with Gasteiger partial charge in [0.25, 0.3) is 0 Å². The number of nitrogens with zero attached hydrogens (tertiary/aromatic N) is 1. The van der Waals surface area contributed by atoms with Crippen molar-refractivity contribution >= 4 is 17.3 Å². The molecule has 0 radical (unpaired) electrons. The predicted octanol–water partition coefficient (Wildman–Crippen LogP) is 2.06. The summed E-state index contributed by atoms with van der Waals surface area (Å²) in [7, 11) is 1.35. The first-order valence-corrected chi connectivity index (χ1v) is 5.82. The maximum atomic E-state index is 11.4. The van der Waals surface area contributed by atoms with E-state index in [0.717, 1.165) is 5.69 Å². The number of nitrogen functional groups attached to an aromatic ring is 1. The average Bonchev–Trinajstić information content (AvgIpc) is 2.46. The van der Waals surface area contributed by atoms with Gasteiger partial charge in [-0.05, 0) is 30.3 Å². The number of carbonyl (C=O) groups excluding carboxylic acids is 1. The zero-order valence-electron chi connectivity index (χ0n) is 10.6. The molecule has 19 heavy (non-hydrogen) atoms. The van der Waals surface area contributed by atoms with Crippen LogP contribution in [0.25, 0.3) is 0 Å². The maximum absolute atomic E-state index is 11.4. The molecule has 0 unspecified atom stereocenters. The molecule has 1 aromatic carbocycles. The van der Waals surface area contributed by atoms with Crippen molar-refractivity contribution in [3.05, 3.63) is 53.9 Å². The average molecular weight is 257 g/mol. The Balaban J connectivity index is 2.13. The van der Waals surface area contributed by atoms with E-state index in [2.05, 4.69) is 15.0 Å². The van der Waals surface area contributed by atoms with Crippen LogP contribution in [-0.4, -0.2) is 18.1 Å². The molecule has 2 aromatic rings. The lowest BCUT2D eigenvalue weighted by Crippen LogP contribution is -2.07. The smallest absolute Gasteiger partial charge is 0.337 e. The molecule has 0 bridgehead atoms. The molecule has 5 heteroatoms. The van der Waals surface area contributed by atoms with Gasteiger partial charge in [0.15, 0.2) is 0 Å². The molecule has 0 fully saturated rings. The fourth-order valence-electron chi connectivity index (χ4n) is 1.64. The summed E-state index contributed by atoms with van der Waals surface area (Å²) >= 11 is 0. The number of ether oxygens (including phenoxy) is 1. The van der Waals surface area contributed by atoms with Gasteiger partial charge in [0, 0.05) is 6.20 Å². The number of esters is 1. The van der Waals surface area contributed by atoms with Gasteiger partial charge < -0.3 is 15.8 Å². The van der Waals surface area contributed by atoms with E-state index < -0.39 is 0 Å². The van der Waals surface area contributed by atoms with Crippen LogP contribution in [0.2, 0.25) is 0 Å². The molecule has 98 valence electrons. The van der Waals surface area contributed by atoms with Crippen LogP contribution in [-0.2, 0) is 11.3 Å². The van der Waals surface area contributed by atoms with Gasteiger partial charge in [-0.1, -0.05) is 6.07 Å². The molecule has 1 heterocycles. The number of benzene rings is 1. The second kappa shape index (κ2) is 5.86. The Morgan fingerprint density at radius 2 is 2.21 bits per heavy atom. The minimum Gasteiger partial charge on any atom is -0.465 e. The van der Waals surface area contributed by atoms with E-state index in [1.807, 2.05) is 18.2 Å². The van der Waals surface area contributed by atoms with Gasteiger partial charge in [-0.2, -0.15) is 0 Å². The van der Waals surface area contributed by atoms with Gasteiger partial charge in [0.1, 0.15) is 0 Å². The van der Waals surface area contributed by atoms with Gasteiger partial charge in [0.2, 0.25) is 0 Å². The zero-order chi connectivity index (χ0) is 13.7. The highest BCUT2D eigenvalue weighted by molar-refractivity contribution is 5.91. The van der Waals surface area contributed by atoms with E-state index >= 15 is 0 Å². The maximum Gasteiger partial charge on any atom is 0.337 e. The first kappa shape index (κ1) is 12.9. The highest BCUT2D eigenvalue weighted by Gasteiger charge is 2.08. The van der Waals surface area contributed by atoms with E-state index in [9.17, 15) is 4.79 Å². The molecule has 0 saturated heterocycles. The number of hydrogen-bond acceptors (Lipinski definition) is 5. The third-order valence-electron chi connectivity index (χ3n) is 2.66. The van der Waals surface area contributed by atoms with Crippen molar-refractivity contribution in [2.75, 3.05) is 18.2 Å². The quantitative estimate of drug-likeness (QED) is 0.647. The van der Waals surface area contributed by atoms with Crippen LogP contribution in [0.4, 0.5) is 11.4 Å². The van der Waals surface area contributed by atoms with Crippen LogP contribution in [0.15, 0.2) is 42.6 Å². The number of pyridine rings is 1. The summed E-state index contributed by atoms with van der Waals surface area (Å²) in [5.74, 6) is -0.388. The highest BCUT2D eigenvalue weighted by Crippen LogP contribution is 2.21. The molecule has 5 nitrogen and oxygen atoms in total. The van der Waals surface area contributed by atoms with Crippen LogP contribution < -0.4 is 11.1 Å². The van der Waals surface area contributed by atoms with Crippen molar-refractivity contribution in [2.45, 2.75) is 6.54 Å². The molecular formula is C14H15N3O2. The van der Waals surface area contributed by atoms with Crippen molar-refractivity contribution in [3.63, 3.8) is 0 Å². The Hall–Kier alpha value is -2.56. The molecule has 0 saturated carbocycles. The molecule has 0 spiro atoms. The Morgan fingerprint density at radius 1 is 1.37 bits per heavy atom. The molecular weight excluding hydrogens is 242 g/mol. The summed E-state index contributed by atoms with van der Waals surface area (Å²) in [5.41, 5.74) is 8.47. The van der Waals surface area contributed by atoms with Crippen molar-refractivity contribution in [3.8, 4) is 0 Å². The minimum atomic E-state index is -0.388. The summed E-state index contributed by atoms with van der Waals surface area (Å²) in [5, 5.41) is 3.15. The highest BCUT2D eigenvalue weighted by atomic mass is 16.5. The van der Waals surface area contributed by atoms with Crippen LogP contribution in [0.3, 0.4) is 0 Å². The third kappa shape index (κ3) is 3.22. The topological polar surface area (TPSA) is 77.2 Å². The monoisotopic (exact) mass is 257 g/mol. The summed E-state index contributed by atoms with van der Waals surface area (Å²) in [6.45, 7) is 0.537. The Labute approximate surface area is 111 Å². The molecule has 0 aliphatic rings. The van der Waals surface area contributed by atoms with Crippen LogP contribution in [0.5, 0.6) is 0 Å². The van der Waals surface area contributed by atoms with Gasteiger partial charge >= 0.3 is 5.97 Å². The fraction of sp³-hybridized carbons (Fsp3) is 0.143. The number of hydrogen-bond donors (Lipinski definition) is 2. The van der Waals surface area contributed by atoms with Crippen molar-refractivity contribution < 1.29 is 9.53 Å². The molecule has 0 aliphatic heterocycles. The number of aromatic nitrogens is 1. The lowest BCUT2D eigenvalue weighted by atomic mass is 10.1. The summed E-state index contributed by atoms with van der Waals surface area (Å²) in [4.78, 5) is 15.7. The Kier molecular flexibility index (Phi) is 3.97. The first-order valence-electron chi connectivity index (χ1n) is 5.82. The number of nitrogens with two attached hydrogens (primary N) is 1. The van der Waals surface area contributed by atoms with E-state index in [1.165, 1.54) is 7.11 Å². The molecule has 0 atom stereocenters. The number of nitrogens with one attached hydrogen (secondary N) is 1. The number of carbonyl (C=O) groups is 1. The van der Waals surface area contributed by atoms with Gasteiger partial charge in [-0.3, -0.25) is 4.98 Å². The van der Waals surface area contributed by atoms with Crippen LogP contribution in [0.1, 0.15) is 16.1 Å². The van der Waals surface area contributed by atoms with Crippen molar-refractivity contribution in [2.24, 2.45) is 0 Å². The van der Waals surface area contributed by atoms with Crippen LogP contribution >= 0.6 is 0 Å². The molecule has 3 N–H and O–H groups in total. The minimum absolute atomic E-state index is 0.388. The van der Waals surface area contributed by atoms with Crippen molar-refractivity contribution in [1.82, 2.24) is 4.98 Å². The van der Waals surface area contributed by atoms with E-state index in [1.54, 1.807) is 24.4 Å². The number of anilines is 2. The zero-order valence-corrected chi connectivity index (χ0v) is 10.6. The number of methoxy groups -OCH3 is 1. The molecule has 0 aliphatic carbocycles. The third-order valence-corrected chi connectivity index (χ3v) is 2.66. The summed E-state index contributed by atoms with van der Waals surface area (Å²) < 4.78 is 4.67. The van der Waals surface area contributed by atoms with E-state index in [4.69, 9.17) is 5.73 Å². The Morgan fingerprint density at radius 3 is 2.89 bits per heavy atom. The molecule has 0 amide bonds. The fourth-order valence-corrected chi connectivity index (χ4v) is 1.64. The second-order valence-electron chi connectivity index (χ2n) is 3.97. The standard InChI is InChI=1S/C14H15N3O2/c1-19-14(18)10-5-6-12(15)13(8-10)17-9-11-4-2-3-7-16-11/h2-8,17H,9,15H2,1H3. The lowest BCUT2D eigenvalue weighted by Gasteiger charge is -2.10. The largest absolute Gasteiger partial charge is 0.465 e. The van der Waals surface area contributed by atoms with E-state index in [0.29, 0.717) is 23.5 Å². The molecule has 1 aromatic heterocycles. The Bertz CT molecular complexity index is 570. The normalized spacial score (nSPS) is 9.95. The van der Waals surface area contributed by atoms with Gasteiger partial charge in [-0.25, -0.2) is 4.79 Å². The number of rotatable bonds is 4. The van der Waals surface area contributed by atoms with Gasteiger partial charge in [-0.15, -0.1) is 0 Å².